The van der Waals surface area contributed by atoms with Crippen molar-refractivity contribution in [1.29, 1.82) is 0 Å². The van der Waals surface area contributed by atoms with E-state index in [0.717, 1.165) is 0 Å². The summed E-state index contributed by atoms with van der Waals surface area (Å²) in [6.07, 6.45) is -0.682. The number of carbonyl (C=O) groups is 2. The zero-order valence-electron chi connectivity index (χ0n) is 7.93. The number of likely N-dealkylation sites (tertiary alicyclic amines) is 1. The van der Waals surface area contributed by atoms with E-state index < -0.39 is 12.1 Å². The van der Waals surface area contributed by atoms with Crippen LogP contribution >= 0.6 is 0 Å². The first-order valence-corrected chi connectivity index (χ1v) is 4.38. The van der Waals surface area contributed by atoms with E-state index in [1.807, 2.05) is 0 Å². The number of nitrogens with zero attached hydrogens (tertiary/aromatic N) is 1. The van der Waals surface area contributed by atoms with Crippen molar-refractivity contribution in [2.24, 2.45) is 0 Å². The molecule has 0 aromatic carbocycles. The summed E-state index contributed by atoms with van der Waals surface area (Å²) in [4.78, 5) is 22.7. The number of hydrogen-bond acceptors (Lipinski definition) is 4. The number of β-amino-alcohol motifs (C(OH)–C–C–N with tert-alkyl or cyclic N) is 1. The molecule has 14 heavy (non-hydrogen) atoms. The smallest absolute Gasteiger partial charge is 0.317 e. The van der Waals surface area contributed by atoms with E-state index in [4.69, 9.17) is 5.11 Å². The van der Waals surface area contributed by atoms with Crippen LogP contribution in [0.1, 0.15) is 6.92 Å². The molecule has 0 aromatic rings. The summed E-state index contributed by atoms with van der Waals surface area (Å²) < 4.78 is 0. The van der Waals surface area contributed by atoms with Crippen molar-refractivity contribution in [3.05, 3.63) is 0 Å². The molecule has 6 nitrogen and oxygen atoms in total. The van der Waals surface area contributed by atoms with Gasteiger partial charge in [-0.05, 0) is 0 Å². The second kappa shape index (κ2) is 4.39. The average Bonchev–Trinajstić information content (AvgIpc) is 2.28. The standard InChI is InChI=1S/C8H14N2O4/c1-5(11)9-6-2-10(3-7(6)12)4-8(13)14/h6-7,12H,2-4H2,1H3,(H,9,11)(H,13,14)/t6-,7-/m1/s1. The van der Waals surface area contributed by atoms with Crippen LogP contribution < -0.4 is 5.32 Å². The molecular weight excluding hydrogens is 188 g/mol. The minimum atomic E-state index is -0.930. The molecule has 0 saturated carbocycles. The second-order valence-electron chi connectivity index (χ2n) is 3.46. The van der Waals surface area contributed by atoms with Crippen LogP contribution in [0.5, 0.6) is 0 Å². The molecule has 0 aromatic heterocycles. The summed E-state index contributed by atoms with van der Waals surface area (Å²) >= 11 is 0. The third-order valence-electron chi connectivity index (χ3n) is 2.11. The van der Waals surface area contributed by atoms with E-state index in [9.17, 15) is 14.7 Å². The first-order chi connectivity index (χ1) is 6.49. The van der Waals surface area contributed by atoms with Gasteiger partial charge in [0, 0.05) is 20.0 Å². The predicted molar refractivity (Wildman–Crippen MR) is 47.7 cm³/mol. The first-order valence-electron chi connectivity index (χ1n) is 4.38. The van der Waals surface area contributed by atoms with Crippen molar-refractivity contribution in [2.45, 2.75) is 19.1 Å². The molecular formula is C8H14N2O4. The van der Waals surface area contributed by atoms with Crippen LogP contribution in [0, 0.1) is 0 Å². The first kappa shape index (κ1) is 10.9. The van der Waals surface area contributed by atoms with Crippen LogP contribution in [0.25, 0.3) is 0 Å². The lowest BCUT2D eigenvalue weighted by Crippen LogP contribution is -2.41. The summed E-state index contributed by atoms with van der Waals surface area (Å²) in [5.41, 5.74) is 0. The Hall–Kier alpha value is -1.14. The van der Waals surface area contributed by atoms with E-state index in [-0.39, 0.29) is 25.0 Å². The Morgan fingerprint density at radius 3 is 2.64 bits per heavy atom. The van der Waals surface area contributed by atoms with Crippen molar-refractivity contribution in [2.75, 3.05) is 19.6 Å². The van der Waals surface area contributed by atoms with E-state index in [1.165, 1.54) is 6.92 Å². The summed E-state index contributed by atoms with van der Waals surface area (Å²) in [7, 11) is 0. The molecule has 0 aliphatic carbocycles. The van der Waals surface area contributed by atoms with Gasteiger partial charge >= 0.3 is 5.97 Å². The minimum absolute atomic E-state index is 0.104. The van der Waals surface area contributed by atoms with Gasteiger partial charge in [-0.2, -0.15) is 0 Å². The molecule has 1 aliphatic heterocycles. The maximum Gasteiger partial charge on any atom is 0.317 e. The van der Waals surface area contributed by atoms with Gasteiger partial charge in [0.25, 0.3) is 0 Å². The van der Waals surface area contributed by atoms with E-state index in [1.54, 1.807) is 4.90 Å². The molecule has 0 radical (unpaired) electrons. The Kier molecular flexibility index (Phi) is 3.43. The Bertz CT molecular complexity index is 243. The van der Waals surface area contributed by atoms with Crippen molar-refractivity contribution in [3.63, 3.8) is 0 Å². The molecule has 1 aliphatic rings. The summed E-state index contributed by atoms with van der Waals surface area (Å²) in [6, 6.07) is -0.355. The number of nitrogens with one attached hydrogen (secondary N) is 1. The fourth-order valence-corrected chi connectivity index (χ4v) is 1.59. The van der Waals surface area contributed by atoms with Gasteiger partial charge in [-0.3, -0.25) is 14.5 Å². The molecule has 1 fully saturated rings. The van der Waals surface area contributed by atoms with Crippen LogP contribution in [0.15, 0.2) is 0 Å². The highest BCUT2D eigenvalue weighted by Gasteiger charge is 2.32. The normalized spacial score (nSPS) is 27.6. The Balaban J connectivity index is 2.42. The Morgan fingerprint density at radius 1 is 1.50 bits per heavy atom. The van der Waals surface area contributed by atoms with Gasteiger partial charge in [0.2, 0.25) is 5.91 Å². The highest BCUT2D eigenvalue weighted by atomic mass is 16.4. The number of amides is 1. The minimum Gasteiger partial charge on any atom is -0.480 e. The van der Waals surface area contributed by atoms with Crippen LogP contribution in [0.2, 0.25) is 0 Å². The van der Waals surface area contributed by atoms with Crippen LogP contribution in [-0.2, 0) is 9.59 Å². The molecule has 0 spiro atoms. The quantitative estimate of drug-likeness (QED) is 0.505. The molecule has 1 heterocycles. The number of hydrogen-bond donors (Lipinski definition) is 3. The Morgan fingerprint density at radius 2 is 2.14 bits per heavy atom. The molecule has 6 heteroatoms. The highest BCUT2D eigenvalue weighted by Crippen LogP contribution is 2.09. The van der Waals surface area contributed by atoms with Gasteiger partial charge in [-0.1, -0.05) is 0 Å². The molecule has 1 saturated heterocycles. The van der Waals surface area contributed by atoms with Gasteiger partial charge in [-0.25, -0.2) is 0 Å². The van der Waals surface area contributed by atoms with E-state index >= 15 is 0 Å². The number of carbonyl (C=O) groups excluding carboxylic acids is 1. The number of carboxylic acid groups (broad SMARTS) is 1. The molecule has 1 rings (SSSR count). The van der Waals surface area contributed by atoms with E-state index in [0.29, 0.717) is 6.54 Å². The maximum absolute atomic E-state index is 10.7. The van der Waals surface area contributed by atoms with Gasteiger partial charge in [0.05, 0.1) is 18.7 Å². The predicted octanol–water partition coefficient (Wildman–Crippen LogP) is -1.75. The number of aliphatic hydroxyl groups excluding tert-OH is 1. The number of carboxylic acids is 1. The van der Waals surface area contributed by atoms with Crippen LogP contribution in [0.3, 0.4) is 0 Å². The van der Waals surface area contributed by atoms with Crippen LogP contribution in [0.4, 0.5) is 0 Å². The van der Waals surface area contributed by atoms with Gasteiger partial charge in [-0.15, -0.1) is 0 Å². The number of aliphatic hydroxyl groups is 1. The summed E-state index contributed by atoms with van der Waals surface area (Å²) in [5.74, 6) is -1.15. The zero-order chi connectivity index (χ0) is 10.7. The van der Waals surface area contributed by atoms with E-state index in [2.05, 4.69) is 5.32 Å². The molecule has 80 valence electrons. The third-order valence-corrected chi connectivity index (χ3v) is 2.11. The maximum atomic E-state index is 10.7. The molecule has 0 unspecified atom stereocenters. The van der Waals surface area contributed by atoms with Crippen molar-refractivity contribution < 1.29 is 19.8 Å². The number of aliphatic carboxylic acids is 1. The van der Waals surface area contributed by atoms with Crippen molar-refractivity contribution in [3.8, 4) is 0 Å². The fourth-order valence-electron chi connectivity index (χ4n) is 1.59. The van der Waals surface area contributed by atoms with Gasteiger partial charge in [0.1, 0.15) is 0 Å². The molecule has 3 N–H and O–H groups in total. The highest BCUT2D eigenvalue weighted by molar-refractivity contribution is 5.73. The lowest BCUT2D eigenvalue weighted by molar-refractivity contribution is -0.138. The van der Waals surface area contributed by atoms with Crippen molar-refractivity contribution in [1.82, 2.24) is 10.2 Å². The lowest BCUT2D eigenvalue weighted by Gasteiger charge is -2.14. The average molecular weight is 202 g/mol. The zero-order valence-corrected chi connectivity index (χ0v) is 7.93. The fraction of sp³-hybridized carbons (Fsp3) is 0.750. The third kappa shape index (κ3) is 2.97. The van der Waals surface area contributed by atoms with Crippen molar-refractivity contribution >= 4 is 11.9 Å². The largest absolute Gasteiger partial charge is 0.480 e. The topological polar surface area (TPSA) is 89.9 Å². The summed E-state index contributed by atoms with van der Waals surface area (Å²) in [5, 5.41) is 20.6. The molecule has 1 amide bonds. The lowest BCUT2D eigenvalue weighted by atomic mass is 10.2. The molecule has 0 bridgehead atoms. The van der Waals surface area contributed by atoms with Gasteiger partial charge < -0.3 is 15.5 Å². The second-order valence-corrected chi connectivity index (χ2v) is 3.46. The summed E-state index contributed by atoms with van der Waals surface area (Å²) in [6.45, 7) is 1.93. The number of rotatable bonds is 3. The Labute approximate surface area is 81.5 Å². The monoisotopic (exact) mass is 202 g/mol. The SMILES string of the molecule is CC(=O)N[C@@H]1CN(CC(=O)O)C[C@H]1O. The van der Waals surface area contributed by atoms with Crippen LogP contribution in [-0.4, -0.2) is 58.8 Å². The van der Waals surface area contributed by atoms with Gasteiger partial charge in [0.15, 0.2) is 0 Å². The molecule has 2 atom stereocenters.